The van der Waals surface area contributed by atoms with E-state index in [4.69, 9.17) is 9.97 Å². The van der Waals surface area contributed by atoms with E-state index in [-0.39, 0.29) is 0 Å². The third kappa shape index (κ3) is 5.06. The molecule has 0 amide bonds. The molecule has 2 heteroatoms. The van der Waals surface area contributed by atoms with Crippen LogP contribution in [0.25, 0.3) is 89.2 Å². The van der Waals surface area contributed by atoms with E-state index < -0.39 is 5.41 Å². The van der Waals surface area contributed by atoms with Crippen LogP contribution in [-0.2, 0) is 5.41 Å². The van der Waals surface area contributed by atoms with Gasteiger partial charge in [-0.25, -0.2) is 9.97 Å². The molecule has 0 fully saturated rings. The van der Waals surface area contributed by atoms with Crippen molar-refractivity contribution in [3.8, 4) is 78.4 Å². The zero-order valence-corrected chi connectivity index (χ0v) is 32.2. The molecule has 0 bridgehead atoms. The minimum Gasteiger partial charge on any atom is -0.228 e. The summed E-state index contributed by atoms with van der Waals surface area (Å²) < 4.78 is 0. The topological polar surface area (TPSA) is 25.8 Å². The van der Waals surface area contributed by atoms with E-state index in [0.717, 1.165) is 33.6 Å². The number of nitrogens with zero attached hydrogens (tertiary/aromatic N) is 2. The third-order valence-electron chi connectivity index (χ3n) is 12.5. The van der Waals surface area contributed by atoms with Crippen LogP contribution in [0, 0.1) is 0 Å². The van der Waals surface area contributed by atoms with Crippen LogP contribution in [0.15, 0.2) is 218 Å². The van der Waals surface area contributed by atoms with Gasteiger partial charge in [0.2, 0.25) is 0 Å². The highest BCUT2D eigenvalue weighted by atomic mass is 14.9. The molecule has 1 heterocycles. The van der Waals surface area contributed by atoms with Crippen LogP contribution >= 0.6 is 0 Å². The minimum absolute atomic E-state index is 0.433. The first-order valence-corrected chi connectivity index (χ1v) is 20.3. The Morgan fingerprint density at radius 2 is 0.814 bits per heavy atom. The summed E-state index contributed by atoms with van der Waals surface area (Å²) in [6.07, 6.45) is 0. The maximum absolute atomic E-state index is 5.19. The lowest BCUT2D eigenvalue weighted by Gasteiger charge is -2.31. The molecule has 2 nitrogen and oxygen atoms in total. The maximum Gasteiger partial charge on any atom is 0.160 e. The number of aromatic nitrogens is 2. The number of benzene rings is 9. The van der Waals surface area contributed by atoms with E-state index in [1.165, 1.54) is 72.0 Å². The van der Waals surface area contributed by atoms with Gasteiger partial charge < -0.3 is 0 Å². The zero-order chi connectivity index (χ0) is 38.9. The first-order valence-electron chi connectivity index (χ1n) is 20.3. The second kappa shape index (κ2) is 13.2. The van der Waals surface area contributed by atoms with Crippen molar-refractivity contribution in [2.75, 3.05) is 0 Å². The van der Waals surface area contributed by atoms with Gasteiger partial charge in [-0.05, 0) is 95.7 Å². The van der Waals surface area contributed by atoms with Gasteiger partial charge in [-0.15, -0.1) is 0 Å². The summed E-state index contributed by atoms with van der Waals surface area (Å²) in [4.78, 5) is 10.3. The molecule has 1 spiro atoms. The fraction of sp³-hybridized carbons (Fsp3) is 0.0175. The van der Waals surface area contributed by atoms with Crippen molar-refractivity contribution in [1.82, 2.24) is 9.97 Å². The highest BCUT2D eigenvalue weighted by molar-refractivity contribution is 6.09. The molecule has 10 aromatic rings. The SMILES string of the molecule is c1ccc(-c2cccc(-c3cc(-c4ccc(-c5cc6ccccc6c6c5-c5ccccc5C65c6ccccc6-c6ccccc65)cc4)nc(-c4ccccc4)n3)c2)cc1. The zero-order valence-electron chi connectivity index (χ0n) is 32.2. The van der Waals surface area contributed by atoms with Gasteiger partial charge in [0.05, 0.1) is 16.8 Å². The van der Waals surface area contributed by atoms with E-state index in [1.54, 1.807) is 0 Å². The van der Waals surface area contributed by atoms with Gasteiger partial charge in [-0.2, -0.15) is 0 Å². The van der Waals surface area contributed by atoms with Crippen LogP contribution < -0.4 is 0 Å². The Hall–Kier alpha value is -7.68. The molecule has 0 saturated heterocycles. The van der Waals surface area contributed by atoms with Crippen LogP contribution in [0.2, 0.25) is 0 Å². The lowest BCUT2D eigenvalue weighted by Crippen LogP contribution is -2.26. The van der Waals surface area contributed by atoms with E-state index in [2.05, 4.69) is 200 Å². The van der Waals surface area contributed by atoms with Gasteiger partial charge in [0.15, 0.2) is 5.82 Å². The second-order valence-electron chi connectivity index (χ2n) is 15.6. The molecule has 0 aliphatic heterocycles. The van der Waals surface area contributed by atoms with Gasteiger partial charge in [-0.1, -0.05) is 200 Å². The average molecular weight is 749 g/mol. The van der Waals surface area contributed by atoms with Gasteiger partial charge in [0, 0.05) is 16.7 Å². The van der Waals surface area contributed by atoms with E-state index in [9.17, 15) is 0 Å². The van der Waals surface area contributed by atoms with Crippen molar-refractivity contribution in [1.29, 1.82) is 0 Å². The summed E-state index contributed by atoms with van der Waals surface area (Å²) in [5.74, 6) is 0.707. The molecule has 0 saturated carbocycles. The Labute approximate surface area is 343 Å². The van der Waals surface area contributed by atoms with Crippen LogP contribution in [0.4, 0.5) is 0 Å². The fourth-order valence-corrected chi connectivity index (χ4v) is 9.97. The molecule has 59 heavy (non-hydrogen) atoms. The van der Waals surface area contributed by atoms with Crippen LogP contribution in [0.5, 0.6) is 0 Å². The first kappa shape index (κ1) is 33.5. The lowest BCUT2D eigenvalue weighted by atomic mass is 9.69. The first-order chi connectivity index (χ1) is 29.3. The summed E-state index contributed by atoms with van der Waals surface area (Å²) in [6, 6.07) is 79.2. The second-order valence-corrected chi connectivity index (χ2v) is 15.6. The molecule has 9 aromatic carbocycles. The standard InChI is InChI=1S/C57H36N2/c1-3-16-37(17-4-1)41-21-15-22-43(34-41)53-36-52(58-56(59-53)40-18-5-2-6-19-40)39-32-30-38(31-33-39)48-35-42-20-7-8-23-44(42)55-54(48)47-26-11-14-29-51(47)57(55)49-27-12-9-24-45(49)46-25-10-13-28-50(46)57/h1-36H. The van der Waals surface area contributed by atoms with Crippen molar-refractivity contribution < 1.29 is 0 Å². The normalized spacial score (nSPS) is 12.9. The monoisotopic (exact) mass is 748 g/mol. The summed E-state index contributed by atoms with van der Waals surface area (Å²) in [5, 5.41) is 2.54. The fourth-order valence-electron chi connectivity index (χ4n) is 9.97. The molecule has 0 radical (unpaired) electrons. The smallest absolute Gasteiger partial charge is 0.160 e. The molecule has 0 unspecified atom stereocenters. The molecule has 274 valence electrons. The quantitative estimate of drug-likeness (QED) is 0.175. The summed E-state index contributed by atoms with van der Waals surface area (Å²) in [7, 11) is 0. The number of fused-ring (bicyclic) bond motifs is 12. The molecular weight excluding hydrogens is 713 g/mol. The molecule has 1 aromatic heterocycles. The maximum atomic E-state index is 5.19. The molecular formula is C57H36N2. The Morgan fingerprint density at radius 1 is 0.305 bits per heavy atom. The van der Waals surface area contributed by atoms with Gasteiger partial charge >= 0.3 is 0 Å². The summed E-state index contributed by atoms with van der Waals surface area (Å²) in [6.45, 7) is 0. The van der Waals surface area contributed by atoms with Gasteiger partial charge in [0.1, 0.15) is 0 Å². The van der Waals surface area contributed by atoms with Gasteiger partial charge in [-0.3, -0.25) is 0 Å². The molecule has 2 aliphatic carbocycles. The van der Waals surface area contributed by atoms with Crippen molar-refractivity contribution >= 4 is 10.8 Å². The number of rotatable bonds is 5. The van der Waals surface area contributed by atoms with Crippen LogP contribution in [-0.4, -0.2) is 9.97 Å². The summed E-state index contributed by atoms with van der Waals surface area (Å²) in [5.41, 5.74) is 19.8. The molecule has 0 N–H and O–H groups in total. The third-order valence-corrected chi connectivity index (χ3v) is 12.5. The lowest BCUT2D eigenvalue weighted by molar-refractivity contribution is 0.801. The van der Waals surface area contributed by atoms with E-state index in [0.29, 0.717) is 5.82 Å². The largest absolute Gasteiger partial charge is 0.228 e. The number of hydrogen-bond acceptors (Lipinski definition) is 2. The molecule has 2 aliphatic rings. The molecule has 0 atom stereocenters. The van der Waals surface area contributed by atoms with Crippen molar-refractivity contribution in [3.63, 3.8) is 0 Å². The van der Waals surface area contributed by atoms with Crippen molar-refractivity contribution in [3.05, 3.63) is 241 Å². The van der Waals surface area contributed by atoms with Crippen LogP contribution in [0.1, 0.15) is 22.3 Å². The predicted molar refractivity (Wildman–Crippen MR) is 243 cm³/mol. The molecule has 12 rings (SSSR count). The predicted octanol–water partition coefficient (Wildman–Crippen LogP) is 14.3. The Morgan fingerprint density at radius 3 is 1.51 bits per heavy atom. The average Bonchev–Trinajstić information content (AvgIpc) is 3.80. The minimum atomic E-state index is -0.433. The number of hydrogen-bond donors (Lipinski definition) is 0. The van der Waals surface area contributed by atoms with Crippen molar-refractivity contribution in [2.45, 2.75) is 5.41 Å². The highest BCUT2D eigenvalue weighted by Gasteiger charge is 2.52. The highest BCUT2D eigenvalue weighted by Crippen LogP contribution is 2.65. The van der Waals surface area contributed by atoms with Gasteiger partial charge in [0.25, 0.3) is 0 Å². The Bertz CT molecular complexity index is 3210. The van der Waals surface area contributed by atoms with Crippen LogP contribution in [0.3, 0.4) is 0 Å². The van der Waals surface area contributed by atoms with Crippen molar-refractivity contribution in [2.24, 2.45) is 0 Å². The Balaban J connectivity index is 1.04. The van der Waals surface area contributed by atoms with E-state index in [1.807, 2.05) is 18.2 Å². The summed E-state index contributed by atoms with van der Waals surface area (Å²) >= 11 is 0. The van der Waals surface area contributed by atoms with E-state index >= 15 is 0 Å². The Kier molecular flexibility index (Phi) is 7.48.